The summed E-state index contributed by atoms with van der Waals surface area (Å²) in [6, 6.07) is 11.6. The molecule has 0 radical (unpaired) electrons. The van der Waals surface area contributed by atoms with Gasteiger partial charge in [-0.3, -0.25) is 9.11 Å². The first kappa shape index (κ1) is 22.7. The first-order chi connectivity index (χ1) is 14.3. The summed E-state index contributed by atoms with van der Waals surface area (Å²) < 4.78 is 63.3. The summed E-state index contributed by atoms with van der Waals surface area (Å²) in [6.07, 6.45) is 0. The second-order valence-corrected chi connectivity index (χ2v) is 9.84. The van der Waals surface area contributed by atoms with E-state index in [9.17, 15) is 21.4 Å². The maximum Gasteiger partial charge on any atom is 0.294 e. The lowest BCUT2D eigenvalue weighted by molar-refractivity contribution is 0.481. The molecule has 164 valence electrons. The Labute approximate surface area is 180 Å². The first-order valence-corrected chi connectivity index (χ1v) is 11.9. The highest BCUT2D eigenvalue weighted by Gasteiger charge is 2.13. The molecule has 1 aromatic heterocycles. The predicted octanol–water partition coefficient (Wildman–Crippen LogP) is 3.99. The Bertz CT molecular complexity index is 1350. The second kappa shape index (κ2) is 8.27. The Kier molecular flexibility index (Phi) is 6.05. The largest absolute Gasteiger partial charge is 0.340 e. The van der Waals surface area contributed by atoms with Gasteiger partial charge in [0.15, 0.2) is 0 Å². The van der Waals surface area contributed by atoms with Gasteiger partial charge in [0.05, 0.1) is 9.79 Å². The van der Waals surface area contributed by atoms with Crippen LogP contribution in [0, 0.1) is 20.8 Å². The first-order valence-electron chi connectivity index (χ1n) is 9.02. The van der Waals surface area contributed by atoms with E-state index in [2.05, 4.69) is 15.6 Å². The highest BCUT2D eigenvalue weighted by Crippen LogP contribution is 2.28. The number of benzene rings is 2. The van der Waals surface area contributed by atoms with Crippen LogP contribution < -0.4 is 10.6 Å². The van der Waals surface area contributed by atoms with Gasteiger partial charge in [0.2, 0.25) is 0 Å². The Morgan fingerprint density at radius 2 is 1.32 bits per heavy atom. The SMILES string of the molecule is Cc1cc(S(=O)(=O)O)ccc1Nc1nc(Nc2ccc(S(=O)(=O)O)cc2)cc(C)c1C. The highest BCUT2D eigenvalue weighted by atomic mass is 32.2. The number of hydrogen-bond donors (Lipinski definition) is 4. The Morgan fingerprint density at radius 1 is 0.742 bits per heavy atom. The standard InChI is InChI=1S/C20H21N3O6S2/c1-12-11-19(21-15-4-6-16(7-5-15)30(24,25)26)23-20(14(12)3)22-18-9-8-17(10-13(18)2)31(27,28)29/h4-11H,1-3H3,(H2,21,22,23)(H,24,25,26)(H,27,28,29). The molecule has 3 rings (SSSR count). The fraction of sp³-hybridized carbons (Fsp3) is 0.150. The normalized spacial score (nSPS) is 11.9. The third-order valence-corrected chi connectivity index (χ3v) is 6.42. The summed E-state index contributed by atoms with van der Waals surface area (Å²) in [6.45, 7) is 5.50. The number of aryl methyl sites for hydroxylation is 2. The van der Waals surface area contributed by atoms with Crippen LogP contribution >= 0.6 is 0 Å². The molecule has 0 unspecified atom stereocenters. The molecule has 4 N–H and O–H groups in total. The van der Waals surface area contributed by atoms with E-state index < -0.39 is 20.2 Å². The van der Waals surface area contributed by atoms with Gasteiger partial charge in [0.1, 0.15) is 11.6 Å². The number of rotatable bonds is 6. The van der Waals surface area contributed by atoms with Gasteiger partial charge >= 0.3 is 0 Å². The van der Waals surface area contributed by atoms with E-state index in [4.69, 9.17) is 4.55 Å². The molecule has 0 fully saturated rings. The van der Waals surface area contributed by atoms with E-state index in [1.54, 1.807) is 13.0 Å². The molecule has 1 heterocycles. The molecular formula is C20H21N3O6S2. The molecule has 9 nitrogen and oxygen atoms in total. The number of hydrogen-bond acceptors (Lipinski definition) is 7. The van der Waals surface area contributed by atoms with E-state index in [0.717, 1.165) is 11.1 Å². The molecular weight excluding hydrogens is 442 g/mol. The Balaban J connectivity index is 1.90. The van der Waals surface area contributed by atoms with Crippen molar-refractivity contribution in [1.82, 2.24) is 4.98 Å². The van der Waals surface area contributed by atoms with E-state index in [-0.39, 0.29) is 9.79 Å². The van der Waals surface area contributed by atoms with Crippen molar-refractivity contribution >= 4 is 43.2 Å². The van der Waals surface area contributed by atoms with Gasteiger partial charge in [-0.1, -0.05) is 0 Å². The smallest absolute Gasteiger partial charge is 0.294 e. The van der Waals surface area contributed by atoms with Crippen LogP contribution in [0.4, 0.5) is 23.0 Å². The van der Waals surface area contributed by atoms with Crippen molar-refractivity contribution in [3.8, 4) is 0 Å². The Morgan fingerprint density at radius 3 is 1.87 bits per heavy atom. The summed E-state index contributed by atoms with van der Waals surface area (Å²) in [7, 11) is -8.56. The lowest BCUT2D eigenvalue weighted by Crippen LogP contribution is -2.05. The zero-order chi connectivity index (χ0) is 23.0. The van der Waals surface area contributed by atoms with Gasteiger partial charge in [-0.2, -0.15) is 16.8 Å². The van der Waals surface area contributed by atoms with Crippen molar-refractivity contribution in [3.05, 3.63) is 65.2 Å². The average molecular weight is 464 g/mol. The summed E-state index contributed by atoms with van der Waals surface area (Å²) in [5, 5.41) is 6.26. The van der Waals surface area contributed by atoms with Crippen molar-refractivity contribution < 1.29 is 25.9 Å². The summed E-state index contributed by atoms with van der Waals surface area (Å²) in [5.41, 5.74) is 3.61. The number of aromatic nitrogens is 1. The quantitative estimate of drug-likeness (QED) is 0.399. The van der Waals surface area contributed by atoms with Crippen LogP contribution in [0.25, 0.3) is 0 Å². The fourth-order valence-electron chi connectivity index (χ4n) is 2.84. The molecule has 31 heavy (non-hydrogen) atoms. The van der Waals surface area contributed by atoms with Crippen molar-refractivity contribution in [2.24, 2.45) is 0 Å². The molecule has 0 saturated heterocycles. The second-order valence-electron chi connectivity index (χ2n) is 7.00. The van der Waals surface area contributed by atoms with Crippen LogP contribution in [0.3, 0.4) is 0 Å². The van der Waals surface area contributed by atoms with Crippen molar-refractivity contribution in [3.63, 3.8) is 0 Å². The summed E-state index contributed by atoms with van der Waals surface area (Å²) in [4.78, 5) is 4.14. The number of anilines is 4. The van der Waals surface area contributed by atoms with Crippen molar-refractivity contribution in [2.75, 3.05) is 10.6 Å². The monoisotopic (exact) mass is 463 g/mol. The third-order valence-electron chi connectivity index (χ3n) is 4.71. The fourth-order valence-corrected chi connectivity index (χ4v) is 3.89. The van der Waals surface area contributed by atoms with Crippen LogP contribution in [0.2, 0.25) is 0 Å². The molecule has 0 aliphatic carbocycles. The molecule has 0 aliphatic rings. The van der Waals surface area contributed by atoms with Gasteiger partial charge in [-0.05, 0) is 86.0 Å². The minimum Gasteiger partial charge on any atom is -0.340 e. The third kappa shape index (κ3) is 5.39. The lowest BCUT2D eigenvalue weighted by atomic mass is 10.1. The molecule has 0 atom stereocenters. The number of nitrogens with one attached hydrogen (secondary N) is 2. The maximum atomic E-state index is 11.3. The molecule has 0 aliphatic heterocycles. The van der Waals surface area contributed by atoms with Gasteiger partial charge in [0, 0.05) is 11.4 Å². The van der Waals surface area contributed by atoms with Crippen molar-refractivity contribution in [2.45, 2.75) is 30.6 Å². The minimum atomic E-state index is -4.29. The molecule has 0 spiro atoms. The number of nitrogens with zero attached hydrogens (tertiary/aromatic N) is 1. The van der Waals surface area contributed by atoms with E-state index in [1.165, 1.54) is 36.4 Å². The van der Waals surface area contributed by atoms with Crippen LogP contribution in [0.1, 0.15) is 16.7 Å². The zero-order valence-corrected chi connectivity index (χ0v) is 18.5. The molecule has 2 aromatic carbocycles. The zero-order valence-electron chi connectivity index (χ0n) is 16.9. The van der Waals surface area contributed by atoms with Crippen molar-refractivity contribution in [1.29, 1.82) is 0 Å². The Hall–Kier alpha value is -2.99. The van der Waals surface area contributed by atoms with Gasteiger partial charge in [-0.25, -0.2) is 4.98 Å². The van der Waals surface area contributed by atoms with Crippen LogP contribution in [0.5, 0.6) is 0 Å². The van der Waals surface area contributed by atoms with E-state index in [0.29, 0.717) is 28.6 Å². The van der Waals surface area contributed by atoms with Crippen LogP contribution in [0.15, 0.2) is 58.3 Å². The van der Waals surface area contributed by atoms with Gasteiger partial charge in [-0.15, -0.1) is 0 Å². The maximum absolute atomic E-state index is 11.3. The summed E-state index contributed by atoms with van der Waals surface area (Å²) in [5.74, 6) is 1.04. The number of pyridine rings is 1. The average Bonchev–Trinajstić information content (AvgIpc) is 2.66. The van der Waals surface area contributed by atoms with Gasteiger partial charge < -0.3 is 10.6 Å². The molecule has 0 saturated carbocycles. The minimum absolute atomic E-state index is 0.194. The highest BCUT2D eigenvalue weighted by molar-refractivity contribution is 7.86. The predicted molar refractivity (Wildman–Crippen MR) is 118 cm³/mol. The van der Waals surface area contributed by atoms with Crippen LogP contribution in [-0.4, -0.2) is 30.9 Å². The topological polar surface area (TPSA) is 146 Å². The molecule has 3 aromatic rings. The summed E-state index contributed by atoms with van der Waals surface area (Å²) >= 11 is 0. The molecule has 0 amide bonds. The molecule has 0 bridgehead atoms. The molecule has 11 heteroatoms. The lowest BCUT2D eigenvalue weighted by Gasteiger charge is -2.16. The van der Waals surface area contributed by atoms with E-state index in [1.807, 2.05) is 19.9 Å². The van der Waals surface area contributed by atoms with Crippen LogP contribution in [-0.2, 0) is 20.2 Å². The van der Waals surface area contributed by atoms with E-state index >= 15 is 0 Å². The van der Waals surface area contributed by atoms with Gasteiger partial charge in [0.25, 0.3) is 20.2 Å².